The van der Waals surface area contributed by atoms with Crippen LogP contribution < -0.4 is 10.6 Å². The van der Waals surface area contributed by atoms with Crippen LogP contribution in [0.4, 0.5) is 0 Å². The van der Waals surface area contributed by atoms with E-state index in [-0.39, 0.29) is 23.7 Å². The maximum absolute atomic E-state index is 11.7. The molecule has 2 rings (SSSR count). The second-order valence-corrected chi connectivity index (χ2v) is 4.24. The van der Waals surface area contributed by atoms with Gasteiger partial charge in [-0.1, -0.05) is 0 Å². The van der Waals surface area contributed by atoms with Crippen LogP contribution in [0, 0.1) is 17.8 Å². The van der Waals surface area contributed by atoms with Gasteiger partial charge in [0.15, 0.2) is 0 Å². The second kappa shape index (κ2) is 3.69. The third-order valence-corrected chi connectivity index (χ3v) is 3.34. The number of nitrogens with one attached hydrogen (secondary N) is 2. The van der Waals surface area contributed by atoms with Crippen molar-refractivity contribution in [3.8, 4) is 0 Å². The summed E-state index contributed by atoms with van der Waals surface area (Å²) >= 11 is 0. The molecule has 2 N–H and O–H groups in total. The molecular weight excluding hydrogens is 180 g/mol. The molecular formula is C10H16N2O2. The van der Waals surface area contributed by atoms with Gasteiger partial charge in [-0.05, 0) is 12.8 Å². The van der Waals surface area contributed by atoms with E-state index in [9.17, 15) is 9.59 Å². The third kappa shape index (κ3) is 1.54. The van der Waals surface area contributed by atoms with Gasteiger partial charge < -0.3 is 10.6 Å². The quantitative estimate of drug-likeness (QED) is 0.597. The van der Waals surface area contributed by atoms with E-state index in [1.165, 1.54) is 0 Å². The van der Waals surface area contributed by atoms with Crippen molar-refractivity contribution < 1.29 is 9.59 Å². The lowest BCUT2D eigenvalue weighted by atomic mass is 9.72. The normalized spacial score (nSPS) is 36.6. The van der Waals surface area contributed by atoms with E-state index in [0.29, 0.717) is 5.78 Å². The van der Waals surface area contributed by atoms with Crippen LogP contribution in [-0.2, 0) is 9.59 Å². The number of hydrogen-bond acceptors (Lipinski definition) is 3. The van der Waals surface area contributed by atoms with E-state index >= 15 is 0 Å². The number of fused-ring (bicyclic) bond motifs is 2. The monoisotopic (exact) mass is 196 g/mol. The maximum atomic E-state index is 11.7. The Morgan fingerprint density at radius 1 is 1.36 bits per heavy atom. The number of ketones is 1. The van der Waals surface area contributed by atoms with Crippen molar-refractivity contribution in [3.63, 3.8) is 0 Å². The minimum atomic E-state index is 0.0507. The molecule has 2 aliphatic rings. The first-order valence-corrected chi connectivity index (χ1v) is 5.18. The SMILES string of the molecule is CNC(=O)C1CC2CNCC(C1)C2=O. The van der Waals surface area contributed by atoms with Crippen LogP contribution >= 0.6 is 0 Å². The van der Waals surface area contributed by atoms with E-state index in [4.69, 9.17) is 0 Å². The second-order valence-electron chi connectivity index (χ2n) is 4.24. The van der Waals surface area contributed by atoms with Crippen LogP contribution in [0.15, 0.2) is 0 Å². The predicted octanol–water partition coefficient (Wildman–Crippen LogP) is -0.453. The van der Waals surface area contributed by atoms with Gasteiger partial charge in [0.2, 0.25) is 5.91 Å². The predicted molar refractivity (Wildman–Crippen MR) is 51.6 cm³/mol. The molecule has 0 radical (unpaired) electrons. The first-order chi connectivity index (χ1) is 6.72. The number of Topliss-reactive ketones (excluding diaryl/α,β-unsaturated/α-hetero) is 1. The Hall–Kier alpha value is -0.900. The average molecular weight is 196 g/mol. The van der Waals surface area contributed by atoms with Crippen LogP contribution in [0.2, 0.25) is 0 Å². The highest BCUT2D eigenvalue weighted by molar-refractivity contribution is 5.88. The molecule has 78 valence electrons. The molecule has 0 aromatic heterocycles. The number of carbonyl (C=O) groups is 2. The molecule has 0 aromatic rings. The van der Waals surface area contributed by atoms with Gasteiger partial charge in [-0.15, -0.1) is 0 Å². The van der Waals surface area contributed by atoms with Gasteiger partial charge in [0.25, 0.3) is 0 Å². The molecule has 1 aliphatic heterocycles. The molecule has 4 nitrogen and oxygen atoms in total. The van der Waals surface area contributed by atoms with Crippen LogP contribution in [0.5, 0.6) is 0 Å². The van der Waals surface area contributed by atoms with Crippen molar-refractivity contribution in [3.05, 3.63) is 0 Å². The fourth-order valence-corrected chi connectivity index (χ4v) is 2.57. The Morgan fingerprint density at radius 3 is 2.43 bits per heavy atom. The zero-order valence-corrected chi connectivity index (χ0v) is 8.38. The van der Waals surface area contributed by atoms with Gasteiger partial charge in [0.05, 0.1) is 0 Å². The molecule has 1 heterocycles. The summed E-state index contributed by atoms with van der Waals surface area (Å²) < 4.78 is 0. The van der Waals surface area contributed by atoms with Gasteiger partial charge in [-0.25, -0.2) is 0 Å². The summed E-state index contributed by atoms with van der Waals surface area (Å²) in [6.07, 6.45) is 1.45. The van der Waals surface area contributed by atoms with Gasteiger partial charge in [0.1, 0.15) is 5.78 Å². The summed E-state index contributed by atoms with van der Waals surface area (Å²) in [6, 6.07) is 0. The molecule has 1 amide bonds. The topological polar surface area (TPSA) is 58.2 Å². The van der Waals surface area contributed by atoms with Gasteiger partial charge in [0, 0.05) is 37.9 Å². The smallest absolute Gasteiger partial charge is 0.222 e. The Labute approximate surface area is 83.4 Å². The molecule has 0 spiro atoms. The van der Waals surface area contributed by atoms with Crippen LogP contribution in [0.3, 0.4) is 0 Å². The fourth-order valence-electron chi connectivity index (χ4n) is 2.57. The highest BCUT2D eigenvalue weighted by Crippen LogP contribution is 2.32. The van der Waals surface area contributed by atoms with E-state index in [1.54, 1.807) is 7.05 Å². The van der Waals surface area contributed by atoms with Crippen molar-refractivity contribution in [2.75, 3.05) is 20.1 Å². The van der Waals surface area contributed by atoms with Gasteiger partial charge in [-0.2, -0.15) is 0 Å². The summed E-state index contributed by atoms with van der Waals surface area (Å²) in [6.45, 7) is 1.51. The van der Waals surface area contributed by atoms with Crippen LogP contribution in [0.1, 0.15) is 12.8 Å². The number of rotatable bonds is 1. The van der Waals surface area contributed by atoms with Crippen molar-refractivity contribution in [1.82, 2.24) is 10.6 Å². The summed E-state index contributed by atoms with van der Waals surface area (Å²) in [5.74, 6) is 0.655. The first kappa shape index (κ1) is 9.65. The van der Waals surface area contributed by atoms with Crippen LogP contribution in [-0.4, -0.2) is 31.8 Å². The van der Waals surface area contributed by atoms with Crippen molar-refractivity contribution in [2.45, 2.75) is 12.8 Å². The molecule has 2 atom stereocenters. The number of amides is 1. The lowest BCUT2D eigenvalue weighted by molar-refractivity contribution is -0.136. The molecule has 1 saturated carbocycles. The van der Waals surface area contributed by atoms with E-state index in [0.717, 1.165) is 25.9 Å². The van der Waals surface area contributed by atoms with Crippen LogP contribution in [0.25, 0.3) is 0 Å². The highest BCUT2D eigenvalue weighted by atomic mass is 16.2. The Bertz CT molecular complexity index is 249. The standard InChI is InChI=1S/C10H16N2O2/c1-11-10(14)6-2-7-4-12-5-8(3-6)9(7)13/h6-8,12H,2-5H2,1H3,(H,11,14). The average Bonchev–Trinajstić information content (AvgIpc) is 2.16. The number of hydrogen-bond donors (Lipinski definition) is 2. The van der Waals surface area contributed by atoms with E-state index in [2.05, 4.69) is 10.6 Å². The number of piperidine rings is 1. The fraction of sp³-hybridized carbons (Fsp3) is 0.800. The molecule has 2 bridgehead atoms. The molecule has 0 aromatic carbocycles. The minimum absolute atomic E-state index is 0.0507. The first-order valence-electron chi connectivity index (χ1n) is 5.18. The van der Waals surface area contributed by atoms with Crippen molar-refractivity contribution >= 4 is 11.7 Å². The largest absolute Gasteiger partial charge is 0.359 e. The van der Waals surface area contributed by atoms with E-state index < -0.39 is 0 Å². The molecule has 2 unspecified atom stereocenters. The van der Waals surface area contributed by atoms with Gasteiger partial charge in [-0.3, -0.25) is 9.59 Å². The number of carbonyl (C=O) groups excluding carboxylic acids is 2. The van der Waals surface area contributed by atoms with Crippen molar-refractivity contribution in [2.24, 2.45) is 17.8 Å². The summed E-state index contributed by atoms with van der Waals surface area (Å²) in [5.41, 5.74) is 0. The molecule has 1 saturated heterocycles. The third-order valence-electron chi connectivity index (χ3n) is 3.34. The summed E-state index contributed by atoms with van der Waals surface area (Å²) in [7, 11) is 1.66. The Balaban J connectivity index is 2.07. The molecule has 14 heavy (non-hydrogen) atoms. The summed E-state index contributed by atoms with van der Waals surface area (Å²) in [5, 5.41) is 5.91. The minimum Gasteiger partial charge on any atom is -0.359 e. The summed E-state index contributed by atoms with van der Waals surface area (Å²) in [4.78, 5) is 23.2. The van der Waals surface area contributed by atoms with E-state index in [1.807, 2.05) is 0 Å². The molecule has 4 heteroatoms. The lowest BCUT2D eigenvalue weighted by Gasteiger charge is -2.37. The Morgan fingerprint density at radius 2 is 1.93 bits per heavy atom. The zero-order valence-electron chi connectivity index (χ0n) is 8.38. The van der Waals surface area contributed by atoms with Crippen molar-refractivity contribution in [1.29, 1.82) is 0 Å². The lowest BCUT2D eigenvalue weighted by Crippen LogP contribution is -2.50. The zero-order chi connectivity index (χ0) is 10.1. The molecule has 1 aliphatic carbocycles. The molecule has 2 fully saturated rings. The maximum Gasteiger partial charge on any atom is 0.222 e. The highest BCUT2D eigenvalue weighted by Gasteiger charge is 2.40. The Kier molecular flexibility index (Phi) is 2.54. The van der Waals surface area contributed by atoms with Gasteiger partial charge >= 0.3 is 0 Å².